The molecule has 0 nitrogen and oxygen atoms in total. The van der Waals surface area contributed by atoms with Gasteiger partial charge in [-0.25, -0.2) is 6.42 Å². The van der Waals surface area contributed by atoms with Crippen molar-refractivity contribution in [3.05, 3.63) is 6.42 Å². The van der Waals surface area contributed by atoms with Gasteiger partial charge < -0.3 is 6.42 Å². The third-order valence-corrected chi connectivity index (χ3v) is 0.0722. The summed E-state index contributed by atoms with van der Waals surface area (Å²) in [4.78, 5) is 0. The summed E-state index contributed by atoms with van der Waals surface area (Å²) in [7, 11) is 0. The van der Waals surface area contributed by atoms with Crippen molar-refractivity contribution < 1.29 is 18.6 Å². The number of rotatable bonds is 0. The first kappa shape index (κ1) is 8.83. The third-order valence-electron chi connectivity index (χ3n) is 0.0722. The summed E-state index contributed by atoms with van der Waals surface area (Å²) in [5, 5.41) is 0. The van der Waals surface area contributed by atoms with Gasteiger partial charge in [0.15, 0.2) is 0 Å². The zero-order valence-electron chi connectivity index (χ0n) is 2.52. The minimum Gasteiger partial charge on any atom is -0.358 e. The summed E-state index contributed by atoms with van der Waals surface area (Å²) < 4.78 is 0. The van der Waals surface area contributed by atoms with Crippen LogP contribution in [0.4, 0.5) is 0 Å². The van der Waals surface area contributed by atoms with Crippen LogP contribution in [0.15, 0.2) is 0 Å². The zero-order chi connectivity index (χ0) is 3.41. The molecule has 0 N–H and O–H groups in total. The van der Waals surface area contributed by atoms with Gasteiger partial charge >= 0.3 is 0 Å². The van der Waals surface area contributed by atoms with E-state index in [0.29, 0.717) is 0 Å². The SMILES string of the molecule is [C-]#CC#C.[V]. The molecule has 0 saturated carbocycles. The van der Waals surface area contributed by atoms with E-state index in [1.807, 2.05) is 5.92 Å². The molecule has 0 aliphatic carbocycles. The molecule has 0 aromatic carbocycles. The average Bonchev–Trinajstić information content (AvgIpc) is 1.37. The van der Waals surface area contributed by atoms with E-state index in [4.69, 9.17) is 6.42 Å². The fraction of sp³-hybridized carbons (Fsp3) is 0. The molecule has 23 valence electrons. The first-order valence-corrected chi connectivity index (χ1v) is 0.789. The Hall–Kier alpha value is -0.296. The molecule has 0 aliphatic heterocycles. The van der Waals surface area contributed by atoms with Gasteiger partial charge in [-0.3, -0.25) is 11.8 Å². The predicted molar refractivity (Wildman–Crippen MR) is 16.0 cm³/mol. The van der Waals surface area contributed by atoms with Gasteiger partial charge in [-0.2, -0.15) is 0 Å². The van der Waals surface area contributed by atoms with E-state index in [1.54, 1.807) is 5.92 Å². The van der Waals surface area contributed by atoms with Crippen LogP contribution in [0.5, 0.6) is 0 Å². The molecule has 0 aliphatic rings. The van der Waals surface area contributed by atoms with Crippen molar-refractivity contribution in [1.82, 2.24) is 0 Å². The van der Waals surface area contributed by atoms with Crippen molar-refractivity contribution in [3.8, 4) is 18.3 Å². The van der Waals surface area contributed by atoms with Gasteiger partial charge in [0.1, 0.15) is 0 Å². The normalized spacial score (nSPS) is 2.00. The Labute approximate surface area is 43.8 Å². The molecule has 1 heteroatoms. The first-order chi connectivity index (χ1) is 1.91. The summed E-state index contributed by atoms with van der Waals surface area (Å²) in [6.07, 6.45) is 10.4. The Balaban J connectivity index is 0. The molecule has 0 bridgehead atoms. The summed E-state index contributed by atoms with van der Waals surface area (Å²) in [5.41, 5.74) is 0. The van der Waals surface area contributed by atoms with Crippen LogP contribution in [0, 0.1) is 24.7 Å². The molecule has 0 heterocycles. The van der Waals surface area contributed by atoms with E-state index in [2.05, 4.69) is 6.42 Å². The van der Waals surface area contributed by atoms with Crippen LogP contribution < -0.4 is 0 Å². The second kappa shape index (κ2) is 9.33. The van der Waals surface area contributed by atoms with E-state index in [9.17, 15) is 0 Å². The van der Waals surface area contributed by atoms with E-state index in [0.717, 1.165) is 0 Å². The number of terminal acetylenes is 1. The minimum atomic E-state index is 0. The summed E-state index contributed by atoms with van der Waals surface area (Å²) in [5.74, 6) is 3.56. The molecule has 0 rings (SSSR count). The van der Waals surface area contributed by atoms with Crippen molar-refractivity contribution >= 4 is 0 Å². The first-order valence-electron chi connectivity index (χ1n) is 0.789. The summed E-state index contributed by atoms with van der Waals surface area (Å²) >= 11 is 0. The van der Waals surface area contributed by atoms with Gasteiger partial charge in [-0.15, -0.1) is 0 Å². The third kappa shape index (κ3) is 21.7. The monoisotopic (exact) mass is 100.0 g/mol. The maximum atomic E-state index is 5.97. The Kier molecular flexibility index (Phi) is 16.5. The van der Waals surface area contributed by atoms with Gasteiger partial charge in [0.05, 0.1) is 0 Å². The maximum Gasteiger partial charge on any atom is 0 e. The molecule has 0 aromatic heterocycles. The topological polar surface area (TPSA) is 0 Å². The Morgan fingerprint density at radius 2 is 1.80 bits per heavy atom. The molecule has 0 spiro atoms. The number of hydrogen-bond donors (Lipinski definition) is 0. The van der Waals surface area contributed by atoms with Crippen molar-refractivity contribution in [2.45, 2.75) is 0 Å². The molecular weight excluding hydrogens is 99.0 g/mol. The summed E-state index contributed by atoms with van der Waals surface area (Å²) in [6, 6.07) is 0. The molecule has 0 amide bonds. The van der Waals surface area contributed by atoms with Gasteiger partial charge in [0.2, 0.25) is 0 Å². The summed E-state index contributed by atoms with van der Waals surface area (Å²) in [6.45, 7) is 0. The van der Waals surface area contributed by atoms with Crippen molar-refractivity contribution in [1.29, 1.82) is 0 Å². The van der Waals surface area contributed by atoms with Gasteiger partial charge in [-0.1, -0.05) is 0 Å². The van der Waals surface area contributed by atoms with Crippen molar-refractivity contribution in [3.63, 3.8) is 0 Å². The predicted octanol–water partition coefficient (Wildman–Crippen LogP) is 0.207. The van der Waals surface area contributed by atoms with E-state index < -0.39 is 0 Å². The van der Waals surface area contributed by atoms with Crippen LogP contribution in [0.3, 0.4) is 0 Å². The van der Waals surface area contributed by atoms with E-state index in [-0.39, 0.29) is 18.6 Å². The number of hydrogen-bond acceptors (Lipinski definition) is 0. The molecule has 5 heavy (non-hydrogen) atoms. The van der Waals surface area contributed by atoms with Crippen LogP contribution in [0.1, 0.15) is 0 Å². The van der Waals surface area contributed by atoms with Crippen molar-refractivity contribution in [2.24, 2.45) is 0 Å². The quantitative estimate of drug-likeness (QED) is 0.301. The smallest absolute Gasteiger partial charge is 0 e. The fourth-order valence-electron chi connectivity index (χ4n) is 0. The molecule has 0 aromatic rings. The van der Waals surface area contributed by atoms with Crippen LogP contribution in [0.25, 0.3) is 0 Å². The molecule has 0 unspecified atom stereocenters. The maximum absolute atomic E-state index is 5.97. The standard InChI is InChI=1S/C4H.V/c1-3-4-2;/h1H;/q-1;. The van der Waals surface area contributed by atoms with Crippen molar-refractivity contribution in [2.75, 3.05) is 0 Å². The fourth-order valence-corrected chi connectivity index (χ4v) is 0. The minimum absolute atomic E-state index is 0. The second-order valence-corrected chi connectivity index (χ2v) is 0.269. The Morgan fingerprint density at radius 1 is 1.60 bits per heavy atom. The molecule has 0 atom stereocenters. The van der Waals surface area contributed by atoms with Crippen LogP contribution in [-0.2, 0) is 18.6 Å². The molecule has 0 fully saturated rings. The van der Waals surface area contributed by atoms with Crippen LogP contribution >= 0.6 is 0 Å². The van der Waals surface area contributed by atoms with E-state index in [1.165, 1.54) is 0 Å². The van der Waals surface area contributed by atoms with Crippen LogP contribution in [0.2, 0.25) is 0 Å². The Morgan fingerprint density at radius 3 is 1.80 bits per heavy atom. The molecule has 1 radical (unpaired) electrons. The molecular formula is C4HV-. The second-order valence-electron chi connectivity index (χ2n) is 0.269. The van der Waals surface area contributed by atoms with Gasteiger partial charge in [0, 0.05) is 18.6 Å². The Bertz CT molecular complexity index is 58.6. The van der Waals surface area contributed by atoms with Crippen LogP contribution in [-0.4, -0.2) is 0 Å². The molecule has 0 saturated heterocycles. The van der Waals surface area contributed by atoms with Gasteiger partial charge in [0.25, 0.3) is 0 Å². The largest absolute Gasteiger partial charge is 0.358 e. The van der Waals surface area contributed by atoms with E-state index >= 15 is 0 Å². The van der Waals surface area contributed by atoms with Gasteiger partial charge in [-0.05, 0) is 0 Å². The zero-order valence-corrected chi connectivity index (χ0v) is 3.92. The average molecular weight is 100.0 g/mol.